The molecule has 1 radical (unpaired) electrons. The Morgan fingerprint density at radius 3 is 2.90 bits per heavy atom. The van der Waals surface area contributed by atoms with Crippen molar-refractivity contribution >= 4 is 0 Å². The molecule has 1 aliphatic heterocycles. The summed E-state index contributed by atoms with van der Waals surface area (Å²) in [5.74, 6) is 0.910. The van der Waals surface area contributed by atoms with Crippen molar-refractivity contribution in [3.05, 3.63) is 43.0 Å². The molecule has 0 fully saturated rings. The lowest BCUT2D eigenvalue weighted by Gasteiger charge is -1.95. The van der Waals surface area contributed by atoms with Gasteiger partial charge in [0.1, 0.15) is 5.76 Å². The van der Waals surface area contributed by atoms with Crippen molar-refractivity contribution < 1.29 is 4.42 Å². The summed E-state index contributed by atoms with van der Waals surface area (Å²) < 4.78 is 5.19. The molecule has 0 atom stereocenters. The molecular formula is C9H7O. The molecule has 0 aromatic heterocycles. The summed E-state index contributed by atoms with van der Waals surface area (Å²) in [7, 11) is 0. The Morgan fingerprint density at radius 1 is 1.20 bits per heavy atom. The van der Waals surface area contributed by atoms with Gasteiger partial charge in [-0.15, -0.1) is 0 Å². The molecular weight excluding hydrogens is 124 g/mol. The summed E-state index contributed by atoms with van der Waals surface area (Å²) in [5.41, 5.74) is 2.13. The normalized spacial score (nSPS) is 10.5. The maximum atomic E-state index is 5.19. The molecule has 1 heterocycles. The molecule has 0 amide bonds. The van der Waals surface area contributed by atoms with Crippen LogP contribution in [-0.2, 0) is 0 Å². The highest BCUT2D eigenvalue weighted by molar-refractivity contribution is 5.66. The van der Waals surface area contributed by atoms with Crippen molar-refractivity contribution in [2.75, 3.05) is 0 Å². The van der Waals surface area contributed by atoms with Crippen molar-refractivity contribution in [2.45, 2.75) is 0 Å². The van der Waals surface area contributed by atoms with Gasteiger partial charge in [0.15, 0.2) is 0 Å². The smallest absolute Gasteiger partial charge is 0.134 e. The van der Waals surface area contributed by atoms with E-state index >= 15 is 0 Å². The van der Waals surface area contributed by atoms with E-state index in [4.69, 9.17) is 4.42 Å². The van der Waals surface area contributed by atoms with Crippen molar-refractivity contribution in [1.82, 2.24) is 0 Å². The fourth-order valence-corrected chi connectivity index (χ4v) is 1.05. The van der Waals surface area contributed by atoms with E-state index in [-0.39, 0.29) is 0 Å². The Morgan fingerprint density at radius 2 is 2.10 bits per heavy atom. The zero-order chi connectivity index (χ0) is 6.97. The van der Waals surface area contributed by atoms with Crippen LogP contribution in [0, 0.1) is 6.92 Å². The van der Waals surface area contributed by atoms with Crippen LogP contribution in [0.2, 0.25) is 0 Å². The second-order valence-corrected chi connectivity index (χ2v) is 2.25. The molecule has 10 heavy (non-hydrogen) atoms. The molecule has 0 unspecified atom stereocenters. The van der Waals surface area contributed by atoms with E-state index in [2.05, 4.69) is 6.92 Å². The number of rotatable bonds is 0. The largest absolute Gasteiger partial charge is 0.464 e. The quantitative estimate of drug-likeness (QED) is 0.535. The van der Waals surface area contributed by atoms with Crippen molar-refractivity contribution in [1.29, 1.82) is 0 Å². The minimum Gasteiger partial charge on any atom is -0.464 e. The summed E-state index contributed by atoms with van der Waals surface area (Å²) in [6.45, 7) is 3.85. The van der Waals surface area contributed by atoms with Crippen molar-refractivity contribution in [3.63, 3.8) is 0 Å². The van der Waals surface area contributed by atoms with Gasteiger partial charge >= 0.3 is 0 Å². The summed E-state index contributed by atoms with van der Waals surface area (Å²) in [6.07, 6.45) is 1.67. The van der Waals surface area contributed by atoms with Crippen LogP contribution in [-0.4, -0.2) is 0 Å². The van der Waals surface area contributed by atoms with Gasteiger partial charge in [0.2, 0.25) is 0 Å². The average Bonchev–Trinajstić information content (AvgIpc) is 2.34. The van der Waals surface area contributed by atoms with Gasteiger partial charge in [-0.2, -0.15) is 0 Å². The van der Waals surface area contributed by atoms with E-state index in [1.807, 2.05) is 24.3 Å². The van der Waals surface area contributed by atoms with Gasteiger partial charge in [0.05, 0.1) is 6.26 Å². The van der Waals surface area contributed by atoms with Crippen LogP contribution >= 0.6 is 0 Å². The number of hydrogen-bond acceptors (Lipinski definition) is 1. The Labute approximate surface area is 59.6 Å². The van der Waals surface area contributed by atoms with Gasteiger partial charge in [0, 0.05) is 5.56 Å². The average molecular weight is 131 g/mol. The molecule has 1 heteroatoms. The highest BCUT2D eigenvalue weighted by atomic mass is 16.3. The second-order valence-electron chi connectivity index (χ2n) is 2.25. The third-order valence-electron chi connectivity index (χ3n) is 1.58. The Bertz CT molecular complexity index is 309. The topological polar surface area (TPSA) is 13.1 Å². The van der Waals surface area contributed by atoms with Crippen LogP contribution in [0.3, 0.4) is 0 Å². The monoisotopic (exact) mass is 131 g/mol. The first-order valence-electron chi connectivity index (χ1n) is 3.16. The molecule has 1 aliphatic carbocycles. The maximum Gasteiger partial charge on any atom is 0.134 e. The molecule has 1 nitrogen and oxygen atoms in total. The zero-order valence-corrected chi connectivity index (χ0v) is 5.50. The summed E-state index contributed by atoms with van der Waals surface area (Å²) in [4.78, 5) is 0. The van der Waals surface area contributed by atoms with E-state index < -0.39 is 0 Å². The molecule has 2 aliphatic rings. The van der Waals surface area contributed by atoms with Crippen LogP contribution in [0.1, 0.15) is 5.56 Å². The molecule has 49 valence electrons. The SMILES string of the molecule is [CH2]c1ccc2occcc1-2. The van der Waals surface area contributed by atoms with Crippen LogP contribution in [0.5, 0.6) is 0 Å². The second kappa shape index (κ2) is 1.87. The van der Waals surface area contributed by atoms with Gasteiger partial charge in [-0.25, -0.2) is 0 Å². The fourth-order valence-electron chi connectivity index (χ4n) is 1.05. The summed E-state index contributed by atoms with van der Waals surface area (Å²) in [6, 6.07) is 7.75. The van der Waals surface area contributed by atoms with Gasteiger partial charge in [-0.1, -0.05) is 6.07 Å². The van der Waals surface area contributed by atoms with Crippen molar-refractivity contribution in [2.24, 2.45) is 0 Å². The first kappa shape index (κ1) is 5.54. The van der Waals surface area contributed by atoms with Crippen LogP contribution < -0.4 is 0 Å². The Kier molecular flexibility index (Phi) is 1.04. The molecule has 0 saturated carbocycles. The first-order chi connectivity index (χ1) is 4.88. The number of hydrogen-bond donors (Lipinski definition) is 0. The molecule has 0 spiro atoms. The lowest BCUT2D eigenvalue weighted by atomic mass is 10.2. The van der Waals surface area contributed by atoms with Crippen LogP contribution in [0.15, 0.2) is 34.9 Å². The van der Waals surface area contributed by atoms with E-state index in [0.717, 1.165) is 16.9 Å². The third kappa shape index (κ3) is 0.637. The Balaban J connectivity index is 2.78. The summed E-state index contributed by atoms with van der Waals surface area (Å²) >= 11 is 0. The van der Waals surface area contributed by atoms with E-state index in [0.29, 0.717) is 0 Å². The lowest BCUT2D eigenvalue weighted by Crippen LogP contribution is -1.72. The van der Waals surface area contributed by atoms with Gasteiger partial charge in [0.25, 0.3) is 0 Å². The fraction of sp³-hybridized carbons (Fsp3) is 0. The molecule has 0 bridgehead atoms. The number of fused-ring (bicyclic) bond motifs is 1. The minimum absolute atomic E-state index is 0.910. The van der Waals surface area contributed by atoms with E-state index in [1.165, 1.54) is 0 Å². The first-order valence-corrected chi connectivity index (χ1v) is 3.16. The highest BCUT2D eigenvalue weighted by Crippen LogP contribution is 2.25. The van der Waals surface area contributed by atoms with E-state index in [1.54, 1.807) is 6.26 Å². The molecule has 2 rings (SSSR count). The molecule has 0 aromatic rings. The standard InChI is InChI=1S/C9H7O/c1-7-4-5-9-8(7)3-2-6-10-9/h2-6H,1H2. The van der Waals surface area contributed by atoms with Gasteiger partial charge < -0.3 is 4.42 Å². The molecule has 0 saturated heterocycles. The van der Waals surface area contributed by atoms with Crippen LogP contribution in [0.25, 0.3) is 11.3 Å². The zero-order valence-electron chi connectivity index (χ0n) is 5.50. The van der Waals surface area contributed by atoms with Gasteiger partial charge in [-0.3, -0.25) is 0 Å². The van der Waals surface area contributed by atoms with E-state index in [9.17, 15) is 0 Å². The van der Waals surface area contributed by atoms with Crippen molar-refractivity contribution in [3.8, 4) is 11.3 Å². The maximum absolute atomic E-state index is 5.19. The van der Waals surface area contributed by atoms with Crippen LogP contribution in [0.4, 0.5) is 0 Å². The molecule has 0 aromatic carbocycles. The third-order valence-corrected chi connectivity index (χ3v) is 1.58. The highest BCUT2D eigenvalue weighted by Gasteiger charge is 2.05. The minimum atomic E-state index is 0.910. The predicted molar refractivity (Wildman–Crippen MR) is 39.8 cm³/mol. The summed E-state index contributed by atoms with van der Waals surface area (Å²) in [5, 5.41) is 0. The van der Waals surface area contributed by atoms with Gasteiger partial charge in [-0.05, 0) is 30.7 Å². The predicted octanol–water partition coefficient (Wildman–Crippen LogP) is 2.57. The lowest BCUT2D eigenvalue weighted by molar-refractivity contribution is 0.567. The molecule has 0 N–H and O–H groups in total. The Hall–Kier alpha value is -1.24.